The van der Waals surface area contributed by atoms with Crippen molar-refractivity contribution in [3.63, 3.8) is 0 Å². The average Bonchev–Trinajstić information content (AvgIpc) is 3.51. The highest BCUT2D eigenvalue weighted by Crippen LogP contribution is 2.19. The summed E-state index contributed by atoms with van der Waals surface area (Å²) in [6.45, 7) is 5.15. The zero-order valence-corrected chi connectivity index (χ0v) is 17.3. The first kappa shape index (κ1) is 18.9. The van der Waals surface area contributed by atoms with Crippen LogP contribution < -0.4 is 5.56 Å². The number of benzene rings is 1. The molecule has 0 unspecified atom stereocenters. The fourth-order valence-electron chi connectivity index (χ4n) is 3.57. The van der Waals surface area contributed by atoms with Gasteiger partial charge in [0.2, 0.25) is 5.78 Å². The SMILES string of the molecule is CCCn1c(=O)c2[nH]c(-c3cnn(CC#Cc4ccc(C)cc4)c3)nc2n2ccnc12. The molecule has 4 heterocycles. The Morgan fingerprint density at radius 2 is 2.03 bits per heavy atom. The molecule has 8 heteroatoms. The van der Waals surface area contributed by atoms with E-state index in [1.807, 2.05) is 48.0 Å². The summed E-state index contributed by atoms with van der Waals surface area (Å²) in [7, 11) is 0. The van der Waals surface area contributed by atoms with Crippen LogP contribution in [0.15, 0.2) is 53.8 Å². The molecular weight excluding hydrogens is 390 g/mol. The molecule has 8 nitrogen and oxygen atoms in total. The molecule has 0 saturated carbocycles. The highest BCUT2D eigenvalue weighted by atomic mass is 16.1. The van der Waals surface area contributed by atoms with Crippen LogP contribution in [0.2, 0.25) is 0 Å². The van der Waals surface area contributed by atoms with Gasteiger partial charge in [-0.3, -0.25) is 18.4 Å². The monoisotopic (exact) mass is 411 g/mol. The van der Waals surface area contributed by atoms with Gasteiger partial charge in [-0.2, -0.15) is 5.10 Å². The van der Waals surface area contributed by atoms with Gasteiger partial charge in [-0.15, -0.1) is 0 Å². The van der Waals surface area contributed by atoms with Crippen LogP contribution in [0.25, 0.3) is 28.3 Å². The van der Waals surface area contributed by atoms with E-state index in [1.165, 1.54) is 5.56 Å². The number of aromatic amines is 1. The Hall–Kier alpha value is -4.12. The minimum Gasteiger partial charge on any atom is -0.332 e. The number of H-pyrrole nitrogens is 1. The van der Waals surface area contributed by atoms with E-state index in [1.54, 1.807) is 21.6 Å². The Morgan fingerprint density at radius 1 is 1.19 bits per heavy atom. The van der Waals surface area contributed by atoms with Crippen LogP contribution in [-0.2, 0) is 13.1 Å². The van der Waals surface area contributed by atoms with Crippen molar-refractivity contribution in [2.45, 2.75) is 33.4 Å². The minimum atomic E-state index is -0.120. The highest BCUT2D eigenvalue weighted by Gasteiger charge is 2.16. The Bertz CT molecular complexity index is 1500. The number of rotatable bonds is 4. The molecule has 0 fully saturated rings. The van der Waals surface area contributed by atoms with E-state index in [-0.39, 0.29) is 5.56 Å². The second-order valence-corrected chi connectivity index (χ2v) is 7.43. The van der Waals surface area contributed by atoms with Crippen LogP contribution in [0.4, 0.5) is 0 Å². The largest absolute Gasteiger partial charge is 0.332 e. The number of fused-ring (bicyclic) bond motifs is 3. The summed E-state index contributed by atoms with van der Waals surface area (Å²) in [4.78, 5) is 25.2. The molecule has 0 amide bonds. The molecule has 0 atom stereocenters. The van der Waals surface area contributed by atoms with Crippen LogP contribution in [-0.4, -0.2) is 33.7 Å². The summed E-state index contributed by atoms with van der Waals surface area (Å²) in [5, 5.41) is 4.38. The molecule has 5 aromatic rings. The summed E-state index contributed by atoms with van der Waals surface area (Å²) in [6, 6.07) is 8.10. The standard InChI is InChI=1S/C23H21N7O/c1-3-11-30-22(31)19-21(29-13-10-24-23(29)30)27-20(26-19)18-14-25-28(15-18)12-4-5-17-8-6-16(2)7-9-17/h6-10,13-15H,3,11-12H2,1-2H3,(H,26,27). The predicted octanol–water partition coefficient (Wildman–Crippen LogP) is 3.01. The van der Waals surface area contributed by atoms with Gasteiger partial charge >= 0.3 is 0 Å². The smallest absolute Gasteiger partial charge is 0.280 e. The van der Waals surface area contributed by atoms with Gasteiger partial charge in [0.1, 0.15) is 12.4 Å². The van der Waals surface area contributed by atoms with Gasteiger partial charge in [0, 0.05) is 30.7 Å². The first-order valence-electron chi connectivity index (χ1n) is 10.2. The quantitative estimate of drug-likeness (QED) is 0.461. The van der Waals surface area contributed by atoms with Gasteiger partial charge < -0.3 is 4.98 Å². The summed E-state index contributed by atoms with van der Waals surface area (Å²) >= 11 is 0. The zero-order chi connectivity index (χ0) is 21.4. The van der Waals surface area contributed by atoms with Gasteiger partial charge in [-0.1, -0.05) is 36.5 Å². The number of hydrogen-bond donors (Lipinski definition) is 1. The number of aryl methyl sites for hydroxylation is 2. The van der Waals surface area contributed by atoms with Crippen molar-refractivity contribution in [2.75, 3.05) is 0 Å². The van der Waals surface area contributed by atoms with Crippen molar-refractivity contribution in [3.05, 3.63) is 70.5 Å². The predicted molar refractivity (Wildman–Crippen MR) is 119 cm³/mol. The average molecular weight is 411 g/mol. The molecule has 1 N–H and O–H groups in total. The third kappa shape index (κ3) is 3.40. The van der Waals surface area contributed by atoms with E-state index < -0.39 is 0 Å². The first-order valence-corrected chi connectivity index (χ1v) is 10.2. The molecule has 0 bridgehead atoms. The second kappa shape index (κ2) is 7.61. The molecule has 0 aliphatic heterocycles. The number of hydrogen-bond acceptors (Lipinski definition) is 4. The van der Waals surface area contributed by atoms with Crippen LogP contribution >= 0.6 is 0 Å². The summed E-state index contributed by atoms with van der Waals surface area (Å²) in [6.07, 6.45) is 7.93. The topological polar surface area (TPSA) is 85.8 Å². The van der Waals surface area contributed by atoms with Crippen LogP contribution in [0, 0.1) is 18.8 Å². The molecule has 0 aliphatic rings. The van der Waals surface area contributed by atoms with E-state index in [9.17, 15) is 4.79 Å². The fourth-order valence-corrected chi connectivity index (χ4v) is 3.57. The Kier molecular flexibility index (Phi) is 4.64. The maximum atomic E-state index is 13.0. The number of imidazole rings is 2. The number of aromatic nitrogens is 7. The Balaban J connectivity index is 1.47. The molecule has 0 radical (unpaired) electrons. The highest BCUT2D eigenvalue weighted by molar-refractivity contribution is 5.77. The van der Waals surface area contributed by atoms with Gasteiger partial charge in [-0.05, 0) is 25.5 Å². The Labute approximate surface area is 178 Å². The fraction of sp³-hybridized carbons (Fsp3) is 0.217. The van der Waals surface area contributed by atoms with Gasteiger partial charge in [0.25, 0.3) is 5.56 Å². The number of nitrogens with one attached hydrogen (secondary N) is 1. The molecule has 1 aromatic carbocycles. The van der Waals surface area contributed by atoms with Gasteiger partial charge in [0.15, 0.2) is 11.2 Å². The van der Waals surface area contributed by atoms with Gasteiger partial charge in [0.05, 0.1) is 11.8 Å². The van der Waals surface area contributed by atoms with E-state index in [4.69, 9.17) is 0 Å². The van der Waals surface area contributed by atoms with Crippen molar-refractivity contribution in [3.8, 4) is 23.2 Å². The molecule has 0 aliphatic carbocycles. The maximum Gasteiger partial charge on any atom is 0.280 e. The maximum absolute atomic E-state index is 13.0. The molecule has 0 saturated heterocycles. The minimum absolute atomic E-state index is 0.120. The van der Waals surface area contributed by atoms with Crippen molar-refractivity contribution in [1.29, 1.82) is 0 Å². The summed E-state index contributed by atoms with van der Waals surface area (Å²) in [5.74, 6) is 7.47. The molecule has 4 aromatic heterocycles. The lowest BCUT2D eigenvalue weighted by Crippen LogP contribution is -2.23. The van der Waals surface area contributed by atoms with Crippen LogP contribution in [0.1, 0.15) is 24.5 Å². The van der Waals surface area contributed by atoms with Gasteiger partial charge in [-0.25, -0.2) is 9.97 Å². The molecule has 31 heavy (non-hydrogen) atoms. The number of nitrogens with zero attached hydrogens (tertiary/aromatic N) is 6. The third-order valence-electron chi connectivity index (χ3n) is 5.11. The van der Waals surface area contributed by atoms with E-state index in [0.29, 0.717) is 35.9 Å². The van der Waals surface area contributed by atoms with Crippen molar-refractivity contribution in [2.24, 2.45) is 0 Å². The van der Waals surface area contributed by atoms with Crippen LogP contribution in [0.3, 0.4) is 0 Å². The molecular formula is C23H21N7O. The van der Waals surface area contributed by atoms with Crippen molar-refractivity contribution < 1.29 is 0 Å². The molecule has 154 valence electrons. The lowest BCUT2D eigenvalue weighted by Gasteiger charge is -2.05. The molecule has 0 spiro atoms. The van der Waals surface area contributed by atoms with Crippen LogP contribution in [0.5, 0.6) is 0 Å². The molecule has 5 rings (SSSR count). The van der Waals surface area contributed by atoms with Crippen molar-refractivity contribution >= 4 is 16.9 Å². The lowest BCUT2D eigenvalue weighted by molar-refractivity contribution is 0.663. The summed E-state index contributed by atoms with van der Waals surface area (Å²) < 4.78 is 5.27. The third-order valence-corrected chi connectivity index (χ3v) is 5.11. The van der Waals surface area contributed by atoms with E-state index >= 15 is 0 Å². The normalized spacial score (nSPS) is 11.2. The zero-order valence-electron chi connectivity index (χ0n) is 17.3. The van der Waals surface area contributed by atoms with E-state index in [0.717, 1.165) is 17.5 Å². The lowest BCUT2D eigenvalue weighted by atomic mass is 10.2. The van der Waals surface area contributed by atoms with Crippen molar-refractivity contribution in [1.82, 2.24) is 33.7 Å². The summed E-state index contributed by atoms with van der Waals surface area (Å²) in [5.41, 5.74) is 3.88. The Morgan fingerprint density at radius 3 is 2.84 bits per heavy atom. The first-order chi connectivity index (χ1) is 15.1. The second-order valence-electron chi connectivity index (χ2n) is 7.43. The van der Waals surface area contributed by atoms with E-state index in [2.05, 4.69) is 38.8 Å².